The number of aromatic carboxylic acids is 2. The van der Waals surface area contributed by atoms with Crippen molar-refractivity contribution in [2.45, 2.75) is 0 Å². The number of rotatable bonds is 2. The Kier molecular flexibility index (Phi) is 2.05. The van der Waals surface area contributed by atoms with Crippen molar-refractivity contribution in [2.24, 2.45) is 0 Å². The number of carbonyl (C=O) groups is 2. The second-order valence-corrected chi connectivity index (χ2v) is 1.99. The van der Waals surface area contributed by atoms with Crippen LogP contribution in [0.3, 0.4) is 0 Å². The van der Waals surface area contributed by atoms with Crippen LogP contribution in [0.25, 0.3) is 0 Å². The first-order valence-electron chi connectivity index (χ1n) is 2.95. The van der Waals surface area contributed by atoms with Crippen molar-refractivity contribution < 1.29 is 19.8 Å². The van der Waals surface area contributed by atoms with Crippen molar-refractivity contribution in [1.82, 2.24) is 4.98 Å². The molecule has 0 spiro atoms. The van der Waals surface area contributed by atoms with Gasteiger partial charge in [0.25, 0.3) is 0 Å². The van der Waals surface area contributed by atoms with Crippen LogP contribution in [0.2, 0.25) is 0 Å². The molecule has 61 valence electrons. The first kappa shape index (κ1) is 8.19. The van der Waals surface area contributed by atoms with Gasteiger partial charge in [-0.1, -0.05) is 0 Å². The molecule has 1 rings (SSSR count). The van der Waals surface area contributed by atoms with Crippen LogP contribution in [0.5, 0.6) is 0 Å². The quantitative estimate of drug-likeness (QED) is 0.658. The summed E-state index contributed by atoms with van der Waals surface area (Å²) in [7, 11) is 0. The Bertz CT molecular complexity index is 305. The normalized spacial score (nSPS) is 9.33. The number of hydrogen-bond acceptors (Lipinski definition) is 3. The zero-order valence-electron chi connectivity index (χ0n) is 5.81. The maximum absolute atomic E-state index is 10.3. The van der Waals surface area contributed by atoms with Gasteiger partial charge in [0.2, 0.25) is 0 Å². The Balaban J connectivity index is 3.12. The fourth-order valence-electron chi connectivity index (χ4n) is 0.623. The molecule has 1 aromatic heterocycles. The van der Waals surface area contributed by atoms with Crippen molar-refractivity contribution in [2.75, 3.05) is 0 Å². The van der Waals surface area contributed by atoms with Gasteiger partial charge in [-0.25, -0.2) is 9.59 Å². The van der Waals surface area contributed by atoms with Crippen LogP contribution >= 0.6 is 0 Å². The third-order valence-electron chi connectivity index (χ3n) is 1.17. The highest BCUT2D eigenvalue weighted by molar-refractivity contribution is 5.92. The summed E-state index contributed by atoms with van der Waals surface area (Å²) in [5.41, 5.74) is -0.416. The molecular formula is C7H4NO4. The minimum Gasteiger partial charge on any atom is -0.478 e. The van der Waals surface area contributed by atoms with Crippen LogP contribution in [0.1, 0.15) is 20.7 Å². The van der Waals surface area contributed by atoms with E-state index in [0.717, 1.165) is 12.3 Å². The molecule has 0 saturated carbocycles. The molecular weight excluding hydrogens is 162 g/mol. The van der Waals surface area contributed by atoms with Gasteiger partial charge < -0.3 is 10.2 Å². The number of nitrogens with zero attached hydrogens (tertiary/aromatic N) is 1. The number of carboxylic acid groups (broad SMARTS) is 2. The van der Waals surface area contributed by atoms with E-state index in [1.807, 2.05) is 0 Å². The third kappa shape index (κ3) is 1.57. The average Bonchev–Trinajstić information content (AvgIpc) is 2.04. The van der Waals surface area contributed by atoms with E-state index in [2.05, 4.69) is 11.2 Å². The van der Waals surface area contributed by atoms with Crippen LogP contribution < -0.4 is 0 Å². The summed E-state index contributed by atoms with van der Waals surface area (Å²) in [4.78, 5) is 24.0. The summed E-state index contributed by atoms with van der Waals surface area (Å²) in [6, 6.07) is 0.998. The molecule has 1 heterocycles. The lowest BCUT2D eigenvalue weighted by Gasteiger charge is -1.94. The Hall–Kier alpha value is -1.91. The van der Waals surface area contributed by atoms with E-state index in [0.29, 0.717) is 0 Å². The summed E-state index contributed by atoms with van der Waals surface area (Å²) in [5, 5.41) is 16.9. The van der Waals surface area contributed by atoms with E-state index < -0.39 is 11.9 Å². The number of aromatic nitrogens is 1. The van der Waals surface area contributed by atoms with Crippen LogP contribution in [-0.2, 0) is 0 Å². The van der Waals surface area contributed by atoms with Crippen molar-refractivity contribution in [1.29, 1.82) is 0 Å². The molecule has 0 atom stereocenters. The zero-order valence-corrected chi connectivity index (χ0v) is 5.81. The van der Waals surface area contributed by atoms with Gasteiger partial charge in [0.15, 0.2) is 0 Å². The summed E-state index contributed by atoms with van der Waals surface area (Å²) in [6.07, 6.45) is 3.19. The molecule has 1 radical (unpaired) electrons. The van der Waals surface area contributed by atoms with E-state index in [1.54, 1.807) is 0 Å². The molecule has 0 bridgehead atoms. The molecule has 12 heavy (non-hydrogen) atoms. The summed E-state index contributed by atoms with van der Waals surface area (Å²) in [6.45, 7) is 0. The zero-order chi connectivity index (χ0) is 9.14. The lowest BCUT2D eigenvalue weighted by atomic mass is 10.2. The van der Waals surface area contributed by atoms with Crippen molar-refractivity contribution in [3.05, 3.63) is 29.6 Å². The molecule has 5 nitrogen and oxygen atoms in total. The number of carboxylic acids is 2. The fraction of sp³-hybridized carbons (Fsp3) is 0. The molecule has 0 aliphatic heterocycles. The van der Waals surface area contributed by atoms with Gasteiger partial charge in [-0.3, -0.25) is 4.98 Å². The molecule has 5 heteroatoms. The van der Waals surface area contributed by atoms with E-state index in [4.69, 9.17) is 10.2 Å². The van der Waals surface area contributed by atoms with Gasteiger partial charge >= 0.3 is 11.9 Å². The van der Waals surface area contributed by atoms with Crippen molar-refractivity contribution in [3.63, 3.8) is 0 Å². The Morgan fingerprint density at radius 2 is 2.00 bits per heavy atom. The van der Waals surface area contributed by atoms with Gasteiger partial charge in [-0.05, 0) is 6.07 Å². The van der Waals surface area contributed by atoms with Crippen molar-refractivity contribution in [3.8, 4) is 0 Å². The average molecular weight is 166 g/mol. The van der Waals surface area contributed by atoms with Gasteiger partial charge in [0, 0.05) is 6.20 Å². The summed E-state index contributed by atoms with van der Waals surface area (Å²) >= 11 is 0. The van der Waals surface area contributed by atoms with Gasteiger partial charge in [0.05, 0.1) is 11.1 Å². The summed E-state index contributed by atoms with van der Waals surface area (Å²) in [5.74, 6) is -2.45. The molecule has 0 amide bonds. The lowest BCUT2D eigenvalue weighted by Crippen LogP contribution is -2.03. The van der Waals surface area contributed by atoms with E-state index >= 15 is 0 Å². The van der Waals surface area contributed by atoms with E-state index in [1.165, 1.54) is 0 Å². The highest BCUT2D eigenvalue weighted by Crippen LogP contribution is 2.01. The maximum atomic E-state index is 10.3. The van der Waals surface area contributed by atoms with Crippen molar-refractivity contribution >= 4 is 11.9 Å². The topological polar surface area (TPSA) is 87.5 Å². The van der Waals surface area contributed by atoms with Gasteiger partial charge in [0.1, 0.15) is 6.20 Å². The molecule has 0 unspecified atom stereocenters. The molecule has 0 saturated heterocycles. The largest absolute Gasteiger partial charge is 0.478 e. The minimum absolute atomic E-state index is 0.161. The first-order chi connectivity index (χ1) is 5.61. The van der Waals surface area contributed by atoms with E-state index in [9.17, 15) is 9.59 Å². The van der Waals surface area contributed by atoms with Gasteiger partial charge in [-0.2, -0.15) is 0 Å². The monoisotopic (exact) mass is 166 g/mol. The highest BCUT2D eigenvalue weighted by Gasteiger charge is 2.08. The first-order valence-corrected chi connectivity index (χ1v) is 2.95. The number of pyridine rings is 1. The standard InChI is InChI=1S/C7H4NO4/c9-6(10)4-1-5(7(11)12)3-8-2-4/h1-2H,(H,9,10)(H,11,12). The Morgan fingerprint density at radius 3 is 2.50 bits per heavy atom. The molecule has 0 aliphatic carbocycles. The molecule has 1 aromatic rings. The molecule has 0 fully saturated rings. The maximum Gasteiger partial charge on any atom is 0.338 e. The highest BCUT2D eigenvalue weighted by atomic mass is 16.4. The minimum atomic E-state index is -1.24. The van der Waals surface area contributed by atoms with Crippen LogP contribution in [0.15, 0.2) is 12.3 Å². The smallest absolute Gasteiger partial charge is 0.338 e. The fourth-order valence-corrected chi connectivity index (χ4v) is 0.623. The lowest BCUT2D eigenvalue weighted by molar-refractivity contribution is 0.0695. The molecule has 0 aliphatic rings. The Morgan fingerprint density at radius 1 is 1.33 bits per heavy atom. The SMILES string of the molecule is O=C(O)c1[c]ncc(C(=O)O)c1. The third-order valence-corrected chi connectivity index (χ3v) is 1.17. The predicted octanol–water partition coefficient (Wildman–Crippen LogP) is 0.278. The van der Waals surface area contributed by atoms with Crippen LogP contribution in [-0.4, -0.2) is 27.1 Å². The van der Waals surface area contributed by atoms with E-state index in [-0.39, 0.29) is 11.1 Å². The Labute approximate surface area is 67.3 Å². The molecule has 2 N–H and O–H groups in total. The second-order valence-electron chi connectivity index (χ2n) is 1.99. The van der Waals surface area contributed by atoms with Gasteiger partial charge in [-0.15, -0.1) is 0 Å². The predicted molar refractivity (Wildman–Crippen MR) is 37.0 cm³/mol. The summed E-state index contributed by atoms with van der Waals surface area (Å²) < 4.78 is 0. The number of hydrogen-bond donors (Lipinski definition) is 2. The second kappa shape index (κ2) is 3.00. The van der Waals surface area contributed by atoms with Crippen LogP contribution in [0, 0.1) is 6.20 Å². The molecule has 0 aromatic carbocycles. The van der Waals surface area contributed by atoms with Crippen LogP contribution in [0.4, 0.5) is 0 Å².